The van der Waals surface area contributed by atoms with Gasteiger partial charge in [-0.05, 0) is 50.7 Å². The zero-order chi connectivity index (χ0) is 16.3. The highest BCUT2D eigenvalue weighted by Crippen LogP contribution is 2.30. The molecule has 0 aromatic rings. The molecule has 4 heteroatoms. The van der Waals surface area contributed by atoms with E-state index in [0.29, 0.717) is 0 Å². The standard InChI is InChI=1S/C9H19NOS.C8H17N/c1-3-5-7-10(9(11)12)8-6-4-2;1-7-5-3-4-6-8(7,2)9/h3-8H2,1-2H3,(H,11,12);7H,3-6,9H2,1-2H3. The molecule has 0 bridgehead atoms. The highest BCUT2D eigenvalue weighted by Gasteiger charge is 2.28. The van der Waals surface area contributed by atoms with Gasteiger partial charge in [-0.3, -0.25) is 0 Å². The molecule has 3 N–H and O–H groups in total. The van der Waals surface area contributed by atoms with Crippen LogP contribution < -0.4 is 5.73 Å². The van der Waals surface area contributed by atoms with E-state index in [1.165, 1.54) is 25.7 Å². The fourth-order valence-electron chi connectivity index (χ4n) is 2.53. The molecule has 0 amide bonds. The number of aliphatic hydroxyl groups is 1. The Labute approximate surface area is 137 Å². The van der Waals surface area contributed by atoms with E-state index < -0.39 is 0 Å². The summed E-state index contributed by atoms with van der Waals surface area (Å²) in [5.74, 6) is 0.728. The predicted molar refractivity (Wildman–Crippen MR) is 96.8 cm³/mol. The molecule has 0 radical (unpaired) electrons. The van der Waals surface area contributed by atoms with E-state index in [1.54, 1.807) is 0 Å². The minimum absolute atomic E-state index is 0.0527. The lowest BCUT2D eigenvalue weighted by Gasteiger charge is -2.35. The van der Waals surface area contributed by atoms with Crippen LogP contribution in [0.15, 0.2) is 0 Å². The van der Waals surface area contributed by atoms with Gasteiger partial charge in [0.05, 0.1) is 0 Å². The van der Waals surface area contributed by atoms with E-state index in [1.807, 2.05) is 4.90 Å². The molecular formula is C17H36N2OS. The molecule has 0 spiro atoms. The first-order chi connectivity index (χ1) is 9.85. The first-order valence-corrected chi connectivity index (χ1v) is 9.02. The van der Waals surface area contributed by atoms with Crippen LogP contribution in [0.3, 0.4) is 0 Å². The summed E-state index contributed by atoms with van der Waals surface area (Å²) in [5, 5.41) is 9.18. The van der Waals surface area contributed by atoms with Crippen LogP contribution in [-0.2, 0) is 0 Å². The Morgan fingerprint density at radius 1 is 1.24 bits per heavy atom. The third-order valence-electron chi connectivity index (χ3n) is 4.56. The maximum Gasteiger partial charge on any atom is 0.256 e. The molecule has 1 rings (SSSR count). The fourth-order valence-corrected chi connectivity index (χ4v) is 2.72. The van der Waals surface area contributed by atoms with Gasteiger partial charge in [-0.2, -0.15) is 0 Å². The Balaban J connectivity index is 0.000000394. The second kappa shape index (κ2) is 11.2. The van der Waals surface area contributed by atoms with Gasteiger partial charge in [0.15, 0.2) is 0 Å². The number of hydrogen-bond donors (Lipinski definition) is 2. The molecule has 0 aromatic carbocycles. The molecule has 2 unspecified atom stereocenters. The molecular weight excluding hydrogens is 280 g/mol. The van der Waals surface area contributed by atoms with Gasteiger partial charge in [-0.15, -0.1) is 0 Å². The second-order valence-electron chi connectivity index (χ2n) is 6.63. The molecule has 21 heavy (non-hydrogen) atoms. The van der Waals surface area contributed by atoms with Crippen LogP contribution in [0.25, 0.3) is 0 Å². The molecule has 1 aliphatic carbocycles. The van der Waals surface area contributed by atoms with Crippen molar-refractivity contribution in [2.24, 2.45) is 11.7 Å². The van der Waals surface area contributed by atoms with Crippen LogP contribution in [0.5, 0.6) is 0 Å². The van der Waals surface area contributed by atoms with Crippen LogP contribution in [0.1, 0.15) is 79.1 Å². The van der Waals surface area contributed by atoms with Gasteiger partial charge >= 0.3 is 0 Å². The van der Waals surface area contributed by atoms with Crippen molar-refractivity contribution in [1.29, 1.82) is 0 Å². The Hall–Kier alpha value is -0.350. The fraction of sp³-hybridized carbons (Fsp3) is 0.941. The summed E-state index contributed by atoms with van der Waals surface area (Å²) in [6.07, 6.45) is 9.75. The Kier molecular flexibility index (Phi) is 11.1. The van der Waals surface area contributed by atoms with Crippen molar-refractivity contribution >= 4 is 17.4 Å². The van der Waals surface area contributed by atoms with Crippen molar-refractivity contribution in [3.8, 4) is 0 Å². The van der Waals surface area contributed by atoms with Crippen LogP contribution in [0.4, 0.5) is 0 Å². The third kappa shape index (κ3) is 9.30. The van der Waals surface area contributed by atoms with E-state index in [2.05, 4.69) is 27.7 Å². The molecule has 3 nitrogen and oxygen atoms in total. The van der Waals surface area contributed by atoms with Gasteiger partial charge in [0, 0.05) is 18.6 Å². The molecule has 1 aliphatic rings. The van der Waals surface area contributed by atoms with E-state index in [-0.39, 0.29) is 10.7 Å². The van der Waals surface area contributed by atoms with Crippen molar-refractivity contribution in [1.82, 2.24) is 4.90 Å². The molecule has 1 fully saturated rings. The molecule has 0 saturated heterocycles. The van der Waals surface area contributed by atoms with Crippen LogP contribution in [0.2, 0.25) is 0 Å². The first kappa shape index (κ1) is 20.6. The van der Waals surface area contributed by atoms with Crippen molar-refractivity contribution < 1.29 is 5.11 Å². The zero-order valence-corrected chi connectivity index (χ0v) is 15.3. The lowest BCUT2D eigenvalue weighted by atomic mass is 9.76. The van der Waals surface area contributed by atoms with Crippen molar-refractivity contribution in [2.45, 2.75) is 84.6 Å². The summed E-state index contributed by atoms with van der Waals surface area (Å²) in [6, 6.07) is 0. The number of nitrogens with zero attached hydrogens (tertiary/aromatic N) is 1. The van der Waals surface area contributed by atoms with E-state index >= 15 is 0 Å². The van der Waals surface area contributed by atoms with Gasteiger partial charge in [0.2, 0.25) is 0 Å². The smallest absolute Gasteiger partial charge is 0.256 e. The van der Waals surface area contributed by atoms with E-state index in [4.69, 9.17) is 23.1 Å². The summed E-state index contributed by atoms with van der Waals surface area (Å²) >= 11 is 4.73. The minimum atomic E-state index is 0.0527. The number of hydrogen-bond acceptors (Lipinski definition) is 2. The lowest BCUT2D eigenvalue weighted by molar-refractivity contribution is 0.226. The normalized spacial score (nSPS) is 24.9. The van der Waals surface area contributed by atoms with Crippen molar-refractivity contribution in [2.75, 3.05) is 13.1 Å². The quantitative estimate of drug-likeness (QED) is 0.701. The molecule has 0 aliphatic heterocycles. The van der Waals surface area contributed by atoms with Crippen LogP contribution in [-0.4, -0.2) is 33.8 Å². The maximum absolute atomic E-state index is 9.12. The van der Waals surface area contributed by atoms with Gasteiger partial charge < -0.3 is 15.7 Å². The average Bonchev–Trinajstić information content (AvgIpc) is 2.42. The van der Waals surface area contributed by atoms with Gasteiger partial charge in [0.25, 0.3) is 5.17 Å². The largest absolute Gasteiger partial charge is 0.487 e. The Bertz CT molecular complexity index is 274. The highest BCUT2D eigenvalue weighted by atomic mass is 32.1. The van der Waals surface area contributed by atoms with Crippen molar-refractivity contribution in [3.05, 3.63) is 0 Å². The number of unbranched alkanes of at least 4 members (excludes halogenated alkanes) is 2. The average molecular weight is 317 g/mol. The molecule has 2 atom stereocenters. The molecule has 0 aromatic heterocycles. The van der Waals surface area contributed by atoms with E-state index in [9.17, 15) is 0 Å². The molecule has 1 saturated carbocycles. The molecule has 0 heterocycles. The number of thiocarbonyl (C=S) groups is 1. The monoisotopic (exact) mass is 316 g/mol. The summed E-state index contributed by atoms with van der Waals surface area (Å²) < 4.78 is 0. The van der Waals surface area contributed by atoms with Crippen molar-refractivity contribution in [3.63, 3.8) is 0 Å². The first-order valence-electron chi connectivity index (χ1n) is 8.61. The Morgan fingerprint density at radius 2 is 1.76 bits per heavy atom. The molecule has 126 valence electrons. The van der Waals surface area contributed by atoms with Gasteiger partial charge in [-0.25, -0.2) is 0 Å². The SMILES string of the molecule is CC1CCCCC1(C)N.CCCCN(CCCC)C(O)=S. The highest BCUT2D eigenvalue weighted by molar-refractivity contribution is 7.79. The Morgan fingerprint density at radius 3 is 2.05 bits per heavy atom. The zero-order valence-electron chi connectivity index (χ0n) is 14.5. The van der Waals surface area contributed by atoms with Crippen LogP contribution in [0, 0.1) is 5.92 Å². The lowest BCUT2D eigenvalue weighted by Crippen LogP contribution is -2.44. The predicted octanol–water partition coefficient (Wildman–Crippen LogP) is 4.65. The second-order valence-corrected chi connectivity index (χ2v) is 6.99. The number of aliphatic hydroxyl groups excluding tert-OH is 1. The van der Waals surface area contributed by atoms with E-state index in [0.717, 1.165) is 44.7 Å². The minimum Gasteiger partial charge on any atom is -0.487 e. The van der Waals surface area contributed by atoms with Gasteiger partial charge in [-0.1, -0.05) is 46.5 Å². The van der Waals surface area contributed by atoms with Gasteiger partial charge in [0.1, 0.15) is 0 Å². The topological polar surface area (TPSA) is 49.5 Å². The third-order valence-corrected chi connectivity index (χ3v) is 4.82. The number of rotatable bonds is 6. The summed E-state index contributed by atoms with van der Waals surface area (Å²) in [7, 11) is 0. The van der Waals surface area contributed by atoms with Crippen LogP contribution >= 0.6 is 12.2 Å². The number of nitrogens with two attached hydrogens (primary N) is 1. The summed E-state index contributed by atoms with van der Waals surface area (Å²) in [4.78, 5) is 1.88. The summed E-state index contributed by atoms with van der Waals surface area (Å²) in [6.45, 7) is 10.5. The summed E-state index contributed by atoms with van der Waals surface area (Å²) in [5.41, 5.74) is 6.16. The maximum atomic E-state index is 9.12.